The summed E-state index contributed by atoms with van der Waals surface area (Å²) >= 11 is 0. The van der Waals surface area contributed by atoms with E-state index in [0.29, 0.717) is 5.46 Å². The van der Waals surface area contributed by atoms with Crippen molar-refractivity contribution in [1.29, 1.82) is 0 Å². The Morgan fingerprint density at radius 1 is 1.11 bits per heavy atom. The Kier molecular flexibility index (Phi) is 3.15. The molecule has 5 heteroatoms. The van der Waals surface area contributed by atoms with Crippen molar-refractivity contribution in [2.75, 3.05) is 12.4 Å². The SMILES string of the molecule is CNc1ccc(B2OC(C)(C)C(C)(C)O2)c(F)c1. The normalized spacial score (nSPS) is 21.1. The number of benzene rings is 1. The Balaban J connectivity index is 2.30. The predicted molar refractivity (Wildman–Crippen MR) is 71.7 cm³/mol. The molecule has 1 saturated heterocycles. The molecule has 3 nitrogen and oxygen atoms in total. The van der Waals surface area contributed by atoms with Gasteiger partial charge in [-0.3, -0.25) is 0 Å². The molecule has 0 bridgehead atoms. The number of anilines is 1. The van der Waals surface area contributed by atoms with E-state index in [1.54, 1.807) is 13.1 Å². The van der Waals surface area contributed by atoms with Crippen molar-refractivity contribution in [1.82, 2.24) is 0 Å². The van der Waals surface area contributed by atoms with Gasteiger partial charge in [-0.25, -0.2) is 4.39 Å². The fourth-order valence-electron chi connectivity index (χ4n) is 1.84. The van der Waals surface area contributed by atoms with Crippen LogP contribution in [0.2, 0.25) is 0 Å². The van der Waals surface area contributed by atoms with Crippen molar-refractivity contribution in [2.45, 2.75) is 38.9 Å². The van der Waals surface area contributed by atoms with Crippen LogP contribution in [0, 0.1) is 5.82 Å². The summed E-state index contributed by atoms with van der Waals surface area (Å²) in [6.07, 6.45) is 0. The highest BCUT2D eigenvalue weighted by Crippen LogP contribution is 2.36. The second kappa shape index (κ2) is 4.25. The highest BCUT2D eigenvalue weighted by Gasteiger charge is 2.52. The molecular weight excluding hydrogens is 232 g/mol. The number of halogens is 1. The van der Waals surface area contributed by atoms with Gasteiger partial charge in [0.2, 0.25) is 0 Å². The minimum Gasteiger partial charge on any atom is -0.399 e. The smallest absolute Gasteiger partial charge is 0.399 e. The van der Waals surface area contributed by atoms with E-state index in [4.69, 9.17) is 9.31 Å². The molecule has 2 rings (SSSR count). The monoisotopic (exact) mass is 251 g/mol. The number of nitrogens with one attached hydrogen (secondary N) is 1. The third kappa shape index (κ3) is 2.13. The molecule has 0 unspecified atom stereocenters. The first-order chi connectivity index (χ1) is 8.27. The summed E-state index contributed by atoms with van der Waals surface area (Å²) in [7, 11) is 1.10. The van der Waals surface area contributed by atoms with Crippen LogP contribution in [0.15, 0.2) is 18.2 Å². The molecule has 18 heavy (non-hydrogen) atoms. The van der Waals surface area contributed by atoms with Crippen LogP contribution >= 0.6 is 0 Å². The zero-order chi connectivity index (χ0) is 13.6. The molecule has 1 aliphatic heterocycles. The van der Waals surface area contributed by atoms with Gasteiger partial charge < -0.3 is 14.6 Å². The van der Waals surface area contributed by atoms with Gasteiger partial charge in [0.15, 0.2) is 0 Å². The van der Waals surface area contributed by atoms with Crippen LogP contribution in [0.25, 0.3) is 0 Å². The molecule has 1 fully saturated rings. The summed E-state index contributed by atoms with van der Waals surface area (Å²) in [5.74, 6) is -0.319. The van der Waals surface area contributed by atoms with Gasteiger partial charge in [-0.2, -0.15) is 0 Å². The van der Waals surface area contributed by atoms with Crippen molar-refractivity contribution < 1.29 is 13.7 Å². The van der Waals surface area contributed by atoms with Crippen LogP contribution in [0.3, 0.4) is 0 Å². The van der Waals surface area contributed by atoms with Gasteiger partial charge in [0.25, 0.3) is 0 Å². The third-order valence-corrected chi connectivity index (χ3v) is 3.80. The Labute approximate surface area is 108 Å². The fourth-order valence-corrected chi connectivity index (χ4v) is 1.84. The van der Waals surface area contributed by atoms with Crippen LogP contribution < -0.4 is 10.8 Å². The third-order valence-electron chi connectivity index (χ3n) is 3.80. The molecule has 0 amide bonds. The molecule has 0 aromatic heterocycles. The van der Waals surface area contributed by atoms with Crippen LogP contribution in [-0.4, -0.2) is 25.4 Å². The van der Waals surface area contributed by atoms with Gasteiger partial charge in [0, 0.05) is 18.2 Å². The zero-order valence-electron chi connectivity index (χ0n) is 11.5. The first kappa shape index (κ1) is 13.4. The lowest BCUT2D eigenvalue weighted by Crippen LogP contribution is -2.41. The molecule has 0 saturated carbocycles. The molecule has 1 aromatic rings. The quantitative estimate of drug-likeness (QED) is 0.817. The molecule has 0 atom stereocenters. The maximum Gasteiger partial charge on any atom is 0.497 e. The molecule has 0 radical (unpaired) electrons. The topological polar surface area (TPSA) is 30.5 Å². The van der Waals surface area contributed by atoms with Gasteiger partial charge in [-0.05, 0) is 39.8 Å². The summed E-state index contributed by atoms with van der Waals surface area (Å²) in [6, 6.07) is 4.95. The molecule has 1 aliphatic rings. The number of rotatable bonds is 2. The van der Waals surface area contributed by atoms with Crippen LogP contribution in [-0.2, 0) is 9.31 Å². The van der Waals surface area contributed by atoms with Crippen LogP contribution in [0.5, 0.6) is 0 Å². The summed E-state index contributed by atoms with van der Waals surface area (Å²) in [5, 5.41) is 2.90. The highest BCUT2D eigenvalue weighted by atomic mass is 19.1. The molecule has 1 heterocycles. The fraction of sp³-hybridized carbons (Fsp3) is 0.538. The van der Waals surface area contributed by atoms with Gasteiger partial charge in [0.05, 0.1) is 11.2 Å². The number of hydrogen-bond acceptors (Lipinski definition) is 3. The van der Waals surface area contributed by atoms with E-state index in [0.717, 1.165) is 5.69 Å². The average Bonchev–Trinajstić information content (AvgIpc) is 2.47. The maximum atomic E-state index is 14.0. The van der Waals surface area contributed by atoms with E-state index in [1.807, 2.05) is 33.8 Å². The van der Waals surface area contributed by atoms with Crippen molar-refractivity contribution >= 4 is 18.3 Å². The lowest BCUT2D eigenvalue weighted by atomic mass is 9.78. The molecular formula is C13H19BFNO2. The predicted octanol–water partition coefficient (Wildman–Crippen LogP) is 2.17. The Morgan fingerprint density at radius 3 is 2.11 bits per heavy atom. The first-order valence-corrected chi connectivity index (χ1v) is 6.10. The maximum absolute atomic E-state index is 14.0. The van der Waals surface area contributed by atoms with Gasteiger partial charge in [0.1, 0.15) is 5.82 Å². The molecule has 1 aromatic carbocycles. The van der Waals surface area contributed by atoms with E-state index in [9.17, 15) is 4.39 Å². The van der Waals surface area contributed by atoms with Crippen molar-refractivity contribution in [3.05, 3.63) is 24.0 Å². The summed E-state index contributed by atoms with van der Waals surface area (Å²) in [6.45, 7) is 7.81. The zero-order valence-corrected chi connectivity index (χ0v) is 11.5. The highest BCUT2D eigenvalue weighted by molar-refractivity contribution is 6.62. The van der Waals surface area contributed by atoms with E-state index >= 15 is 0 Å². The summed E-state index contributed by atoms with van der Waals surface area (Å²) in [5.41, 5.74) is 0.262. The number of hydrogen-bond donors (Lipinski definition) is 1. The Bertz CT molecular complexity index is 446. The van der Waals surface area contributed by atoms with Crippen molar-refractivity contribution in [3.8, 4) is 0 Å². The van der Waals surface area contributed by atoms with Crippen molar-refractivity contribution in [2.24, 2.45) is 0 Å². The largest absolute Gasteiger partial charge is 0.497 e. The van der Waals surface area contributed by atoms with Gasteiger partial charge >= 0.3 is 7.12 Å². The van der Waals surface area contributed by atoms with E-state index in [2.05, 4.69) is 5.32 Å². The van der Waals surface area contributed by atoms with E-state index in [1.165, 1.54) is 6.07 Å². The lowest BCUT2D eigenvalue weighted by Gasteiger charge is -2.32. The van der Waals surface area contributed by atoms with E-state index < -0.39 is 18.3 Å². The van der Waals surface area contributed by atoms with E-state index in [-0.39, 0.29) is 5.82 Å². The molecule has 0 spiro atoms. The van der Waals surface area contributed by atoms with Crippen molar-refractivity contribution in [3.63, 3.8) is 0 Å². The van der Waals surface area contributed by atoms with Crippen LogP contribution in [0.4, 0.5) is 10.1 Å². The molecule has 98 valence electrons. The second-order valence-corrected chi connectivity index (χ2v) is 5.57. The minimum atomic E-state index is -0.652. The minimum absolute atomic E-state index is 0.319. The average molecular weight is 251 g/mol. The molecule has 0 aliphatic carbocycles. The Morgan fingerprint density at radius 2 is 1.67 bits per heavy atom. The summed E-state index contributed by atoms with van der Waals surface area (Å²) in [4.78, 5) is 0. The second-order valence-electron chi connectivity index (χ2n) is 5.57. The lowest BCUT2D eigenvalue weighted by molar-refractivity contribution is 0.00578. The van der Waals surface area contributed by atoms with Gasteiger partial charge in [-0.1, -0.05) is 6.07 Å². The Hall–Kier alpha value is -1.07. The summed E-state index contributed by atoms with van der Waals surface area (Å²) < 4.78 is 25.6. The first-order valence-electron chi connectivity index (χ1n) is 6.10. The van der Waals surface area contributed by atoms with Gasteiger partial charge in [-0.15, -0.1) is 0 Å². The van der Waals surface area contributed by atoms with Crippen LogP contribution in [0.1, 0.15) is 27.7 Å². The standard InChI is InChI=1S/C13H19BFNO2/c1-12(2)13(3,4)18-14(17-12)10-7-6-9(16-5)8-11(10)15/h6-8,16H,1-5H3. The molecule has 1 N–H and O–H groups in total.